The van der Waals surface area contributed by atoms with Crippen molar-refractivity contribution in [3.63, 3.8) is 0 Å². The smallest absolute Gasteiger partial charge is 0.338 e. The zero-order valence-electron chi connectivity index (χ0n) is 20.6. The molecule has 1 aliphatic rings. The summed E-state index contributed by atoms with van der Waals surface area (Å²) in [6.45, 7) is 6.25. The van der Waals surface area contributed by atoms with E-state index in [1.54, 1.807) is 18.4 Å². The third-order valence-electron chi connectivity index (χ3n) is 5.73. The van der Waals surface area contributed by atoms with Gasteiger partial charge in [-0.3, -0.25) is 9.36 Å². The molecule has 0 unspecified atom stereocenters. The SMILES string of the molecule is CCOC(=O)C1=C(C)N=c2s/c(=C\c3ccc(N(C)C)cc3)c(=O)n2[C@@H]1c1ccc(OCC)cc1. The molecule has 2 heterocycles. The van der Waals surface area contributed by atoms with E-state index >= 15 is 0 Å². The predicted octanol–water partition coefficient (Wildman–Crippen LogP) is 3.26. The Bertz CT molecular complexity index is 1430. The van der Waals surface area contributed by atoms with E-state index in [9.17, 15) is 9.59 Å². The number of fused-ring (bicyclic) bond motifs is 1. The molecule has 0 fully saturated rings. The number of allylic oxidation sites excluding steroid dienone is 1. The van der Waals surface area contributed by atoms with E-state index in [1.807, 2.05) is 80.5 Å². The van der Waals surface area contributed by atoms with Crippen molar-refractivity contribution in [1.82, 2.24) is 4.57 Å². The molecule has 0 saturated carbocycles. The number of hydrogen-bond donors (Lipinski definition) is 0. The molecule has 1 aliphatic heterocycles. The van der Waals surface area contributed by atoms with Gasteiger partial charge in [-0.1, -0.05) is 35.6 Å². The summed E-state index contributed by atoms with van der Waals surface area (Å²) in [5.74, 6) is 0.254. The van der Waals surface area contributed by atoms with Crippen LogP contribution in [0.3, 0.4) is 0 Å². The fourth-order valence-corrected chi connectivity index (χ4v) is 5.09. The molecule has 0 bridgehead atoms. The number of esters is 1. The highest BCUT2D eigenvalue weighted by Crippen LogP contribution is 2.31. The summed E-state index contributed by atoms with van der Waals surface area (Å²) in [4.78, 5) is 33.8. The van der Waals surface area contributed by atoms with Crippen LogP contribution in [0.5, 0.6) is 5.75 Å². The van der Waals surface area contributed by atoms with Gasteiger partial charge in [0.15, 0.2) is 4.80 Å². The lowest BCUT2D eigenvalue weighted by Crippen LogP contribution is -2.39. The van der Waals surface area contributed by atoms with E-state index in [0.717, 1.165) is 22.6 Å². The van der Waals surface area contributed by atoms with E-state index in [2.05, 4.69) is 4.99 Å². The van der Waals surface area contributed by atoms with Crippen LogP contribution in [0.1, 0.15) is 37.9 Å². The first-order valence-corrected chi connectivity index (χ1v) is 12.4. The number of aromatic nitrogens is 1. The third kappa shape index (κ3) is 4.93. The largest absolute Gasteiger partial charge is 0.494 e. The summed E-state index contributed by atoms with van der Waals surface area (Å²) >= 11 is 1.31. The highest BCUT2D eigenvalue weighted by molar-refractivity contribution is 7.07. The van der Waals surface area contributed by atoms with Crippen LogP contribution in [0.25, 0.3) is 6.08 Å². The molecule has 3 aromatic rings. The summed E-state index contributed by atoms with van der Waals surface area (Å²) in [6.07, 6.45) is 1.86. The molecule has 4 rings (SSSR count). The van der Waals surface area contributed by atoms with Gasteiger partial charge in [-0.2, -0.15) is 0 Å². The fraction of sp³-hybridized carbons (Fsp3) is 0.296. The number of carbonyl (C=O) groups excluding carboxylic acids is 1. The number of rotatable bonds is 7. The Balaban J connectivity index is 1.87. The molecule has 0 saturated heterocycles. The molecular weight excluding hydrogens is 462 g/mol. The molecule has 0 aliphatic carbocycles. The Kier molecular flexibility index (Phi) is 7.21. The molecule has 0 radical (unpaired) electrons. The van der Waals surface area contributed by atoms with Gasteiger partial charge in [0.1, 0.15) is 5.75 Å². The maximum absolute atomic E-state index is 13.7. The van der Waals surface area contributed by atoms with Crippen LogP contribution in [-0.2, 0) is 9.53 Å². The fourth-order valence-electron chi connectivity index (χ4n) is 4.04. The van der Waals surface area contributed by atoms with Crippen molar-refractivity contribution in [2.75, 3.05) is 32.2 Å². The lowest BCUT2D eigenvalue weighted by molar-refractivity contribution is -0.139. The first kappa shape index (κ1) is 24.5. The van der Waals surface area contributed by atoms with E-state index in [1.165, 1.54) is 11.3 Å². The first-order chi connectivity index (χ1) is 16.8. The Morgan fingerprint density at radius 2 is 1.77 bits per heavy atom. The minimum Gasteiger partial charge on any atom is -0.494 e. The van der Waals surface area contributed by atoms with Crippen molar-refractivity contribution in [2.45, 2.75) is 26.8 Å². The second-order valence-electron chi connectivity index (χ2n) is 8.29. The number of nitrogens with zero attached hydrogens (tertiary/aromatic N) is 3. The monoisotopic (exact) mass is 491 g/mol. The van der Waals surface area contributed by atoms with E-state index in [-0.39, 0.29) is 12.2 Å². The van der Waals surface area contributed by atoms with Gasteiger partial charge >= 0.3 is 5.97 Å². The maximum Gasteiger partial charge on any atom is 0.338 e. The Labute approximate surface area is 208 Å². The van der Waals surface area contributed by atoms with Crippen LogP contribution < -0.4 is 24.5 Å². The van der Waals surface area contributed by atoms with Gasteiger partial charge in [0.05, 0.1) is 35.1 Å². The zero-order valence-corrected chi connectivity index (χ0v) is 21.4. The molecule has 7 nitrogen and oxygen atoms in total. The number of benzene rings is 2. The van der Waals surface area contributed by atoms with Crippen molar-refractivity contribution in [3.05, 3.63) is 90.6 Å². The number of carbonyl (C=O) groups is 1. The van der Waals surface area contributed by atoms with E-state index in [4.69, 9.17) is 9.47 Å². The second-order valence-corrected chi connectivity index (χ2v) is 9.30. The maximum atomic E-state index is 13.7. The Hall–Kier alpha value is -3.65. The first-order valence-electron chi connectivity index (χ1n) is 11.5. The van der Waals surface area contributed by atoms with Crippen molar-refractivity contribution in [2.24, 2.45) is 4.99 Å². The summed E-state index contributed by atoms with van der Waals surface area (Å²) in [7, 11) is 3.97. The van der Waals surface area contributed by atoms with Crippen LogP contribution in [0.2, 0.25) is 0 Å². The number of anilines is 1. The lowest BCUT2D eigenvalue weighted by Gasteiger charge is -2.24. The van der Waals surface area contributed by atoms with Crippen LogP contribution in [-0.4, -0.2) is 37.8 Å². The Morgan fingerprint density at radius 3 is 2.37 bits per heavy atom. The standard InChI is InChI=1S/C27H29N3O4S/c1-6-33-21-14-10-19(11-15-21)24-23(26(32)34-7-2)17(3)28-27-30(24)25(31)22(35-27)16-18-8-12-20(13-9-18)29(4)5/h8-16,24H,6-7H2,1-5H3/b22-16-/t24-/m1/s1. The predicted molar refractivity (Wildman–Crippen MR) is 139 cm³/mol. The highest BCUT2D eigenvalue weighted by Gasteiger charge is 2.33. The molecule has 0 spiro atoms. The summed E-state index contributed by atoms with van der Waals surface area (Å²) in [5, 5.41) is 0. The van der Waals surface area contributed by atoms with E-state index in [0.29, 0.717) is 27.2 Å². The lowest BCUT2D eigenvalue weighted by atomic mass is 9.96. The van der Waals surface area contributed by atoms with Gasteiger partial charge < -0.3 is 14.4 Å². The number of hydrogen-bond acceptors (Lipinski definition) is 7. The van der Waals surface area contributed by atoms with Crippen molar-refractivity contribution >= 4 is 29.1 Å². The average Bonchev–Trinajstić information content (AvgIpc) is 3.13. The molecule has 2 aromatic carbocycles. The minimum atomic E-state index is -0.640. The second kappa shape index (κ2) is 10.3. The van der Waals surface area contributed by atoms with Crippen LogP contribution in [0.4, 0.5) is 5.69 Å². The Morgan fingerprint density at radius 1 is 1.09 bits per heavy atom. The number of thiazole rings is 1. The molecule has 8 heteroatoms. The summed E-state index contributed by atoms with van der Waals surface area (Å²) < 4.78 is 13.1. The average molecular weight is 492 g/mol. The summed E-state index contributed by atoms with van der Waals surface area (Å²) in [6, 6.07) is 14.8. The van der Waals surface area contributed by atoms with Gasteiger partial charge in [0.25, 0.3) is 5.56 Å². The van der Waals surface area contributed by atoms with Crippen LogP contribution >= 0.6 is 11.3 Å². The van der Waals surface area contributed by atoms with Gasteiger partial charge in [0.2, 0.25) is 0 Å². The van der Waals surface area contributed by atoms with Gasteiger partial charge in [-0.15, -0.1) is 0 Å². The third-order valence-corrected chi connectivity index (χ3v) is 6.71. The van der Waals surface area contributed by atoms with Gasteiger partial charge in [-0.05, 0) is 62.2 Å². The van der Waals surface area contributed by atoms with Crippen molar-refractivity contribution < 1.29 is 14.3 Å². The van der Waals surface area contributed by atoms with Crippen LogP contribution in [0.15, 0.2) is 69.6 Å². The topological polar surface area (TPSA) is 73.1 Å². The van der Waals surface area contributed by atoms with Gasteiger partial charge in [-0.25, -0.2) is 9.79 Å². The quantitative estimate of drug-likeness (QED) is 0.475. The van der Waals surface area contributed by atoms with Crippen LogP contribution in [0, 0.1) is 0 Å². The molecular formula is C27H29N3O4S. The van der Waals surface area contributed by atoms with E-state index < -0.39 is 12.0 Å². The molecule has 1 atom stereocenters. The molecule has 35 heavy (non-hydrogen) atoms. The molecule has 0 N–H and O–H groups in total. The number of ether oxygens (including phenoxy) is 2. The molecule has 1 aromatic heterocycles. The highest BCUT2D eigenvalue weighted by atomic mass is 32.1. The summed E-state index contributed by atoms with van der Waals surface area (Å²) in [5.41, 5.74) is 3.50. The minimum absolute atomic E-state index is 0.196. The normalized spacial score (nSPS) is 15.5. The van der Waals surface area contributed by atoms with Gasteiger partial charge in [0, 0.05) is 19.8 Å². The van der Waals surface area contributed by atoms with Crippen molar-refractivity contribution in [1.29, 1.82) is 0 Å². The molecule has 0 amide bonds. The zero-order chi connectivity index (χ0) is 25.1. The van der Waals surface area contributed by atoms with Crippen molar-refractivity contribution in [3.8, 4) is 5.75 Å². The molecule has 182 valence electrons.